The third-order valence-electron chi connectivity index (χ3n) is 4.68. The number of halogens is 1. The Hall–Kier alpha value is -3.78. The summed E-state index contributed by atoms with van der Waals surface area (Å²) in [5, 5.41) is 11.6. The highest BCUT2D eigenvalue weighted by Crippen LogP contribution is 2.36. The van der Waals surface area contributed by atoms with E-state index in [2.05, 4.69) is 20.8 Å². The van der Waals surface area contributed by atoms with Gasteiger partial charge in [0.1, 0.15) is 17.5 Å². The summed E-state index contributed by atoms with van der Waals surface area (Å²) < 4.78 is 28.9. The third kappa shape index (κ3) is 6.02. The minimum Gasteiger partial charge on any atom is -0.472 e. The number of hydrogen-bond donors (Lipinski definition) is 2. The summed E-state index contributed by atoms with van der Waals surface area (Å²) in [6.07, 6.45) is 5.90. The first-order valence-electron chi connectivity index (χ1n) is 10.4. The third-order valence-corrected chi connectivity index (χ3v) is 6.63. The van der Waals surface area contributed by atoms with Crippen LogP contribution in [0.2, 0.25) is 0 Å². The van der Waals surface area contributed by atoms with E-state index in [9.17, 15) is 9.65 Å². The van der Waals surface area contributed by atoms with Gasteiger partial charge in [-0.3, -0.25) is 0 Å². The molecule has 0 saturated heterocycles. The van der Waals surface area contributed by atoms with Gasteiger partial charge in [-0.1, -0.05) is 0 Å². The molecule has 3 N–H and O–H groups in total. The maximum absolute atomic E-state index is 14.3. The number of nitrogens with two attached hydrogens (primary N) is 1. The Morgan fingerprint density at radius 2 is 2.09 bits per heavy atom. The molecule has 0 radical (unpaired) electrons. The molecule has 0 spiro atoms. The molecule has 7 nitrogen and oxygen atoms in total. The van der Waals surface area contributed by atoms with Crippen molar-refractivity contribution in [2.24, 2.45) is 5.73 Å². The standard InChI is InChI=1S/C25H20FN5O2S2/c1-16(34-12-9-27)31-35-19-4-6-22(18(13-19)14-28)33-23-7-5-21(20-3-2-10-29-25(20)26)30-24(23)17-8-11-32-15-17/h2-13,15-16,31H,27H2,1H3/b12-9-. The highest BCUT2D eigenvalue weighted by molar-refractivity contribution is 8.04. The number of nitriles is 1. The minimum atomic E-state index is -0.618. The Bertz CT molecular complexity index is 1370. The van der Waals surface area contributed by atoms with E-state index in [0.717, 1.165) is 4.90 Å². The summed E-state index contributed by atoms with van der Waals surface area (Å²) in [4.78, 5) is 9.16. The summed E-state index contributed by atoms with van der Waals surface area (Å²) in [6, 6.07) is 15.8. The molecule has 1 unspecified atom stereocenters. The predicted octanol–water partition coefficient (Wildman–Crippen LogP) is 6.31. The SMILES string of the molecule is CC(NSc1ccc(Oc2ccc(-c3cccnc3F)nc2-c2ccoc2)c(C#N)c1)S/C=C\N. The van der Waals surface area contributed by atoms with E-state index in [1.54, 1.807) is 59.6 Å². The van der Waals surface area contributed by atoms with Crippen LogP contribution in [0.25, 0.3) is 22.5 Å². The molecule has 3 heterocycles. The number of aromatic nitrogens is 2. The van der Waals surface area contributed by atoms with Crippen LogP contribution in [0.3, 0.4) is 0 Å². The van der Waals surface area contributed by atoms with E-state index >= 15 is 0 Å². The topological polar surface area (TPSA) is 110 Å². The molecule has 176 valence electrons. The number of ether oxygens (including phenoxy) is 1. The van der Waals surface area contributed by atoms with Crippen LogP contribution in [0.4, 0.5) is 4.39 Å². The zero-order valence-electron chi connectivity index (χ0n) is 18.5. The summed E-state index contributed by atoms with van der Waals surface area (Å²) in [7, 11) is 0. The number of furan rings is 1. The van der Waals surface area contributed by atoms with Crippen LogP contribution in [0.1, 0.15) is 12.5 Å². The Kier molecular flexibility index (Phi) is 8.05. The zero-order chi connectivity index (χ0) is 24.6. The van der Waals surface area contributed by atoms with Gasteiger partial charge in [0.15, 0.2) is 5.75 Å². The molecule has 1 atom stereocenters. The van der Waals surface area contributed by atoms with Crippen LogP contribution in [0, 0.1) is 17.3 Å². The number of benzene rings is 1. The number of thioether (sulfide) groups is 1. The predicted molar refractivity (Wildman–Crippen MR) is 136 cm³/mol. The Balaban J connectivity index is 1.62. The van der Waals surface area contributed by atoms with Crippen molar-refractivity contribution >= 4 is 23.7 Å². The Morgan fingerprint density at radius 3 is 2.83 bits per heavy atom. The average Bonchev–Trinajstić information content (AvgIpc) is 3.42. The summed E-state index contributed by atoms with van der Waals surface area (Å²) >= 11 is 2.95. The fourth-order valence-corrected chi connectivity index (χ4v) is 4.38. The lowest BCUT2D eigenvalue weighted by Crippen LogP contribution is -2.13. The number of rotatable bonds is 9. The maximum atomic E-state index is 14.3. The van der Waals surface area contributed by atoms with Crippen LogP contribution in [0.5, 0.6) is 11.5 Å². The van der Waals surface area contributed by atoms with Crippen molar-refractivity contribution in [3.63, 3.8) is 0 Å². The van der Waals surface area contributed by atoms with Crippen molar-refractivity contribution in [2.45, 2.75) is 17.2 Å². The van der Waals surface area contributed by atoms with Crippen LogP contribution in [-0.2, 0) is 0 Å². The van der Waals surface area contributed by atoms with Gasteiger partial charge < -0.3 is 14.9 Å². The van der Waals surface area contributed by atoms with E-state index in [0.29, 0.717) is 34.0 Å². The van der Waals surface area contributed by atoms with Gasteiger partial charge in [0, 0.05) is 22.9 Å². The van der Waals surface area contributed by atoms with Gasteiger partial charge in [0.25, 0.3) is 0 Å². The molecule has 4 aromatic rings. The van der Waals surface area contributed by atoms with Crippen LogP contribution < -0.4 is 15.2 Å². The lowest BCUT2D eigenvalue weighted by molar-refractivity contribution is 0.480. The van der Waals surface area contributed by atoms with Crippen molar-refractivity contribution < 1.29 is 13.5 Å². The fraction of sp³-hybridized carbons (Fsp3) is 0.0800. The second kappa shape index (κ2) is 11.6. The normalized spacial score (nSPS) is 11.9. The molecule has 0 fully saturated rings. The molecule has 0 bridgehead atoms. The van der Waals surface area contributed by atoms with E-state index < -0.39 is 5.95 Å². The van der Waals surface area contributed by atoms with Gasteiger partial charge in [-0.25, -0.2) is 14.7 Å². The van der Waals surface area contributed by atoms with Crippen molar-refractivity contribution in [3.8, 4) is 40.1 Å². The van der Waals surface area contributed by atoms with E-state index in [4.69, 9.17) is 14.9 Å². The van der Waals surface area contributed by atoms with E-state index in [-0.39, 0.29) is 10.9 Å². The molecule has 3 aromatic heterocycles. The van der Waals surface area contributed by atoms with E-state index in [1.165, 1.54) is 36.9 Å². The molecule has 4 rings (SSSR count). The fourth-order valence-electron chi connectivity index (χ4n) is 3.07. The molecule has 0 saturated carbocycles. The highest BCUT2D eigenvalue weighted by atomic mass is 32.2. The van der Waals surface area contributed by atoms with Crippen molar-refractivity contribution in [3.05, 3.63) is 90.4 Å². The van der Waals surface area contributed by atoms with Crippen molar-refractivity contribution in [1.82, 2.24) is 14.7 Å². The number of pyridine rings is 2. The lowest BCUT2D eigenvalue weighted by atomic mass is 10.1. The van der Waals surface area contributed by atoms with E-state index in [1.807, 2.05) is 13.0 Å². The van der Waals surface area contributed by atoms with Gasteiger partial charge in [0.2, 0.25) is 5.95 Å². The molecule has 0 aliphatic heterocycles. The van der Waals surface area contributed by atoms with Gasteiger partial charge in [-0.15, -0.1) is 11.8 Å². The molecule has 35 heavy (non-hydrogen) atoms. The monoisotopic (exact) mass is 505 g/mol. The molecular weight excluding hydrogens is 485 g/mol. The first-order valence-corrected chi connectivity index (χ1v) is 12.2. The zero-order valence-corrected chi connectivity index (χ0v) is 20.1. The molecule has 0 aliphatic rings. The number of hydrogen-bond acceptors (Lipinski definition) is 9. The van der Waals surface area contributed by atoms with Gasteiger partial charge in [-0.05, 0) is 72.8 Å². The van der Waals surface area contributed by atoms with Crippen LogP contribution in [-0.4, -0.2) is 15.3 Å². The minimum absolute atomic E-state index is 0.119. The van der Waals surface area contributed by atoms with Gasteiger partial charge in [0.05, 0.1) is 34.7 Å². The van der Waals surface area contributed by atoms with Crippen molar-refractivity contribution in [1.29, 1.82) is 5.26 Å². The number of nitrogens with one attached hydrogen (secondary N) is 1. The Labute approximate surface area is 210 Å². The van der Waals surface area contributed by atoms with Crippen LogP contribution >= 0.6 is 23.7 Å². The first kappa shape index (κ1) is 24.3. The lowest BCUT2D eigenvalue weighted by Gasteiger charge is -2.14. The summed E-state index contributed by atoms with van der Waals surface area (Å²) in [5.41, 5.74) is 7.50. The van der Waals surface area contributed by atoms with Crippen LogP contribution in [0.15, 0.2) is 88.2 Å². The summed E-state index contributed by atoms with van der Waals surface area (Å²) in [6.45, 7) is 2.01. The molecular formula is C25H20FN5O2S2. The Morgan fingerprint density at radius 1 is 1.23 bits per heavy atom. The van der Waals surface area contributed by atoms with Gasteiger partial charge >= 0.3 is 0 Å². The largest absolute Gasteiger partial charge is 0.472 e. The second-order valence-corrected chi connectivity index (χ2v) is 9.26. The molecule has 0 amide bonds. The average molecular weight is 506 g/mol. The molecule has 0 aliphatic carbocycles. The molecule has 10 heteroatoms. The quantitative estimate of drug-likeness (QED) is 0.153. The smallest absolute Gasteiger partial charge is 0.222 e. The second-order valence-electron chi connectivity index (χ2n) is 7.10. The van der Waals surface area contributed by atoms with Gasteiger partial charge in [-0.2, -0.15) is 9.65 Å². The first-order chi connectivity index (χ1) is 17.1. The van der Waals surface area contributed by atoms with Crippen molar-refractivity contribution in [2.75, 3.05) is 0 Å². The highest BCUT2D eigenvalue weighted by Gasteiger charge is 2.17. The molecule has 1 aromatic carbocycles. The maximum Gasteiger partial charge on any atom is 0.222 e. The summed E-state index contributed by atoms with van der Waals surface area (Å²) in [5.74, 6) is 0.150. The number of nitrogens with zero attached hydrogens (tertiary/aromatic N) is 3.